The Bertz CT molecular complexity index is 1460. The Morgan fingerprint density at radius 1 is 1.15 bits per heavy atom. The van der Waals surface area contributed by atoms with Gasteiger partial charge in [-0.2, -0.15) is 9.97 Å². The molecule has 0 aliphatic carbocycles. The largest absolute Gasteiger partial charge is 0.484 e. The summed E-state index contributed by atoms with van der Waals surface area (Å²) in [6.45, 7) is 9.52. The molecule has 3 atom stereocenters. The van der Waals surface area contributed by atoms with Crippen LogP contribution in [0.5, 0.6) is 11.8 Å². The minimum atomic E-state index is -0.108. The van der Waals surface area contributed by atoms with Crippen molar-refractivity contribution in [1.82, 2.24) is 19.8 Å². The Kier molecular flexibility index (Phi) is 7.66. The quantitative estimate of drug-likeness (QED) is 0.396. The zero-order valence-corrected chi connectivity index (χ0v) is 24.7. The molecule has 3 aliphatic rings. The number of hydrogen-bond acceptors (Lipinski definition) is 8. The van der Waals surface area contributed by atoms with Crippen LogP contribution in [-0.4, -0.2) is 91.2 Å². The van der Waals surface area contributed by atoms with Crippen LogP contribution in [-0.2, 0) is 4.79 Å². The summed E-state index contributed by atoms with van der Waals surface area (Å²) in [6.07, 6.45) is 3.64. The smallest absolute Gasteiger partial charge is 0.320 e. The fourth-order valence-corrected chi connectivity index (χ4v) is 6.62. The molecule has 2 aromatic carbocycles. The second-order valence-electron chi connectivity index (χ2n) is 11.2. The molecule has 0 saturated carbocycles. The number of likely N-dealkylation sites (N-methyl/N-ethyl adjacent to an activating group) is 2. The van der Waals surface area contributed by atoms with Crippen LogP contribution in [0, 0.1) is 0 Å². The second kappa shape index (κ2) is 11.4. The fraction of sp³-hybridized carbons (Fsp3) is 0.452. The van der Waals surface area contributed by atoms with E-state index in [1.807, 2.05) is 31.0 Å². The molecule has 41 heavy (non-hydrogen) atoms. The van der Waals surface area contributed by atoms with Crippen molar-refractivity contribution in [3.05, 3.63) is 59.6 Å². The van der Waals surface area contributed by atoms with Gasteiger partial charge < -0.3 is 29.1 Å². The Hall–Kier alpha value is -3.56. The van der Waals surface area contributed by atoms with Gasteiger partial charge in [-0.1, -0.05) is 48.5 Å². The average molecular weight is 577 g/mol. The third-order valence-electron chi connectivity index (χ3n) is 8.70. The maximum Gasteiger partial charge on any atom is 0.320 e. The highest BCUT2D eigenvalue weighted by Crippen LogP contribution is 2.45. The van der Waals surface area contributed by atoms with E-state index in [0.29, 0.717) is 67.3 Å². The van der Waals surface area contributed by atoms with Gasteiger partial charge in [0.15, 0.2) is 11.6 Å². The number of halogens is 1. The molecule has 6 rings (SSSR count). The molecule has 3 aromatic rings. The van der Waals surface area contributed by atoms with Gasteiger partial charge in [-0.3, -0.25) is 4.79 Å². The highest BCUT2D eigenvalue weighted by molar-refractivity contribution is 6.35. The highest BCUT2D eigenvalue weighted by atomic mass is 35.5. The molecule has 216 valence electrons. The summed E-state index contributed by atoms with van der Waals surface area (Å²) in [4.78, 5) is 30.7. The second-order valence-corrected chi connectivity index (χ2v) is 11.6. The van der Waals surface area contributed by atoms with E-state index in [1.165, 1.54) is 6.08 Å². The van der Waals surface area contributed by atoms with Crippen LogP contribution in [0.15, 0.2) is 49.1 Å². The fourth-order valence-electron chi connectivity index (χ4n) is 6.33. The number of amides is 1. The lowest BCUT2D eigenvalue weighted by molar-refractivity contribution is -0.128. The van der Waals surface area contributed by atoms with Crippen molar-refractivity contribution in [2.75, 3.05) is 63.3 Å². The number of nitrogens with zero attached hydrogens (tertiary/aromatic N) is 6. The molecule has 4 heterocycles. The molecule has 1 unspecified atom stereocenters. The molecule has 10 heteroatoms. The van der Waals surface area contributed by atoms with Crippen molar-refractivity contribution in [1.29, 1.82) is 0 Å². The van der Waals surface area contributed by atoms with E-state index in [0.717, 1.165) is 35.7 Å². The molecule has 0 N–H and O–H groups in total. The summed E-state index contributed by atoms with van der Waals surface area (Å²) >= 11 is 6.70. The van der Waals surface area contributed by atoms with E-state index >= 15 is 0 Å². The minimum Gasteiger partial charge on any atom is -0.484 e. The Labute approximate surface area is 246 Å². The number of rotatable bonds is 6. The van der Waals surface area contributed by atoms with Crippen LogP contribution in [0.1, 0.15) is 31.4 Å². The van der Waals surface area contributed by atoms with Crippen molar-refractivity contribution in [2.24, 2.45) is 0 Å². The van der Waals surface area contributed by atoms with Gasteiger partial charge >= 0.3 is 6.01 Å². The minimum absolute atomic E-state index is 0.0109. The molecular formula is C31H37ClN6O3. The van der Waals surface area contributed by atoms with Gasteiger partial charge in [0.25, 0.3) is 0 Å². The topological polar surface area (TPSA) is 74.3 Å². The van der Waals surface area contributed by atoms with Crippen LogP contribution in [0.4, 0.5) is 11.6 Å². The summed E-state index contributed by atoms with van der Waals surface area (Å²) in [5.41, 5.74) is 1.08. The molecule has 3 aliphatic heterocycles. The van der Waals surface area contributed by atoms with Gasteiger partial charge in [0.05, 0.1) is 6.04 Å². The first-order valence-electron chi connectivity index (χ1n) is 14.3. The van der Waals surface area contributed by atoms with Gasteiger partial charge in [0.1, 0.15) is 13.2 Å². The Morgan fingerprint density at radius 3 is 2.66 bits per heavy atom. The maximum atomic E-state index is 12.4. The van der Waals surface area contributed by atoms with Crippen molar-refractivity contribution in [3.63, 3.8) is 0 Å². The first-order valence-corrected chi connectivity index (χ1v) is 14.7. The number of hydrogen-bond donors (Lipinski definition) is 0. The molecule has 2 saturated heterocycles. The number of piperazine rings is 1. The van der Waals surface area contributed by atoms with Gasteiger partial charge in [0.2, 0.25) is 11.7 Å². The number of fused-ring (bicyclic) bond motifs is 2. The van der Waals surface area contributed by atoms with E-state index < -0.39 is 0 Å². The van der Waals surface area contributed by atoms with E-state index in [2.05, 4.69) is 52.6 Å². The maximum absolute atomic E-state index is 12.4. The SMILES string of the molecule is C=CC(=O)N1CCN(c2nc(OC[C@@H]3CCCN3C)nc3c2OCC(c2cccc4cccc(Cl)c24)N3C)C[C@H]1C. The number of aromatic nitrogens is 2. The summed E-state index contributed by atoms with van der Waals surface area (Å²) in [5, 5.41) is 2.82. The summed E-state index contributed by atoms with van der Waals surface area (Å²) in [6, 6.07) is 12.8. The van der Waals surface area contributed by atoms with Crippen LogP contribution >= 0.6 is 11.6 Å². The van der Waals surface area contributed by atoms with Crippen LogP contribution in [0.25, 0.3) is 10.8 Å². The van der Waals surface area contributed by atoms with Gasteiger partial charge in [0, 0.05) is 49.2 Å². The average Bonchev–Trinajstić information content (AvgIpc) is 3.40. The molecular weight excluding hydrogens is 540 g/mol. The highest BCUT2D eigenvalue weighted by Gasteiger charge is 2.36. The van der Waals surface area contributed by atoms with Crippen molar-refractivity contribution >= 4 is 39.9 Å². The first-order chi connectivity index (χ1) is 19.9. The van der Waals surface area contributed by atoms with Crippen LogP contribution < -0.4 is 19.3 Å². The normalized spacial score (nSPS) is 22.9. The lowest BCUT2D eigenvalue weighted by Crippen LogP contribution is -2.54. The number of ether oxygens (including phenoxy) is 2. The van der Waals surface area contributed by atoms with E-state index in [1.54, 1.807) is 0 Å². The van der Waals surface area contributed by atoms with Crippen LogP contribution in [0.3, 0.4) is 0 Å². The molecule has 9 nitrogen and oxygen atoms in total. The molecule has 0 spiro atoms. The molecule has 0 bridgehead atoms. The Balaban J connectivity index is 1.36. The number of carbonyl (C=O) groups excluding carboxylic acids is 1. The zero-order valence-electron chi connectivity index (χ0n) is 23.9. The number of benzene rings is 2. The number of likely N-dealkylation sites (tertiary alicyclic amines) is 1. The van der Waals surface area contributed by atoms with E-state index in [4.69, 9.17) is 31.0 Å². The zero-order chi connectivity index (χ0) is 28.7. The third kappa shape index (κ3) is 5.17. The Morgan fingerprint density at radius 2 is 1.93 bits per heavy atom. The van der Waals surface area contributed by atoms with Gasteiger partial charge in [-0.15, -0.1) is 0 Å². The standard InChI is InChI=1S/C31H37ClN6O3/c1-5-26(39)38-16-15-37(17-20(38)2)30-28-29(33-31(34-30)41-18-22-11-8-14-35(22)3)36(4)25(19-40-28)23-12-6-9-21-10-7-13-24(32)27(21)23/h5-7,9-10,12-13,20,22,25H,1,8,11,14-19H2,2-4H3/t20-,22+,25?/m1/s1. The summed E-state index contributed by atoms with van der Waals surface area (Å²) in [5.74, 6) is 1.96. The van der Waals surface area contributed by atoms with Crippen molar-refractivity contribution in [3.8, 4) is 11.8 Å². The predicted molar refractivity (Wildman–Crippen MR) is 162 cm³/mol. The lowest BCUT2D eigenvalue weighted by Gasteiger charge is -2.42. The molecule has 1 aromatic heterocycles. The summed E-state index contributed by atoms with van der Waals surface area (Å²) < 4.78 is 12.8. The monoisotopic (exact) mass is 576 g/mol. The molecule has 0 radical (unpaired) electrons. The number of carbonyl (C=O) groups is 1. The third-order valence-corrected chi connectivity index (χ3v) is 9.02. The predicted octanol–water partition coefficient (Wildman–Crippen LogP) is 4.55. The molecule has 2 fully saturated rings. The van der Waals surface area contributed by atoms with Crippen molar-refractivity contribution in [2.45, 2.75) is 37.9 Å². The first kappa shape index (κ1) is 27.6. The summed E-state index contributed by atoms with van der Waals surface area (Å²) in [7, 11) is 4.17. The van der Waals surface area contributed by atoms with Crippen LogP contribution in [0.2, 0.25) is 5.02 Å². The van der Waals surface area contributed by atoms with Gasteiger partial charge in [-0.05, 0) is 56.4 Å². The molecule has 1 amide bonds. The van der Waals surface area contributed by atoms with E-state index in [-0.39, 0.29) is 18.0 Å². The van der Waals surface area contributed by atoms with E-state index in [9.17, 15) is 4.79 Å². The van der Waals surface area contributed by atoms with Crippen molar-refractivity contribution < 1.29 is 14.3 Å². The lowest BCUT2D eigenvalue weighted by atomic mass is 9.97. The number of anilines is 2. The van der Waals surface area contributed by atoms with Gasteiger partial charge in [-0.25, -0.2) is 0 Å².